The highest BCUT2D eigenvalue weighted by Crippen LogP contribution is 2.08. The maximum absolute atomic E-state index is 5.49. The normalized spacial score (nSPS) is 9.95. The minimum Gasteiger partial charge on any atom is -0.364 e. The van der Waals surface area contributed by atoms with Crippen LogP contribution in [0.2, 0.25) is 0 Å². The Morgan fingerprint density at radius 1 is 1.21 bits per heavy atom. The summed E-state index contributed by atoms with van der Waals surface area (Å²) in [5, 5.41) is 4.32. The molecule has 1 aromatic heterocycles. The lowest BCUT2D eigenvalue weighted by molar-refractivity contribution is 0.153. The second kappa shape index (κ2) is 7.40. The van der Waals surface area contributed by atoms with Gasteiger partial charge in [-0.15, -0.1) is 5.92 Å². The molecule has 0 aliphatic carbocycles. The molecule has 0 spiro atoms. The van der Waals surface area contributed by atoms with Crippen molar-refractivity contribution in [2.45, 2.75) is 26.4 Å². The molecular formula is C16H18N2O. The Kier molecular flexibility index (Phi) is 5.21. The van der Waals surface area contributed by atoms with Crippen LogP contribution in [-0.2, 0) is 11.3 Å². The lowest BCUT2D eigenvalue weighted by Gasteiger charge is -1.99. The quantitative estimate of drug-likeness (QED) is 0.605. The predicted octanol–water partition coefficient (Wildman–Crippen LogP) is 3.19. The topological polar surface area (TPSA) is 27.1 Å². The molecule has 2 aromatic rings. The first kappa shape index (κ1) is 13.4. The fourth-order valence-corrected chi connectivity index (χ4v) is 1.64. The van der Waals surface area contributed by atoms with E-state index in [1.807, 2.05) is 47.4 Å². The first-order valence-corrected chi connectivity index (χ1v) is 6.52. The highest BCUT2D eigenvalue weighted by Gasteiger charge is 1.99. The SMILES string of the molecule is CCCC#CCOCc1cnn(-c2ccccc2)c1. The van der Waals surface area contributed by atoms with Gasteiger partial charge in [0.05, 0.1) is 18.5 Å². The number of benzene rings is 1. The summed E-state index contributed by atoms with van der Waals surface area (Å²) in [5.41, 5.74) is 2.11. The van der Waals surface area contributed by atoms with Gasteiger partial charge >= 0.3 is 0 Å². The van der Waals surface area contributed by atoms with Crippen LogP contribution >= 0.6 is 0 Å². The van der Waals surface area contributed by atoms with Gasteiger partial charge in [0.2, 0.25) is 0 Å². The molecular weight excluding hydrogens is 236 g/mol. The zero-order chi connectivity index (χ0) is 13.3. The minimum absolute atomic E-state index is 0.483. The fourth-order valence-electron chi connectivity index (χ4n) is 1.64. The van der Waals surface area contributed by atoms with Gasteiger partial charge in [0, 0.05) is 18.2 Å². The van der Waals surface area contributed by atoms with Crippen LogP contribution in [0.3, 0.4) is 0 Å². The number of aromatic nitrogens is 2. The molecule has 1 aromatic carbocycles. The van der Waals surface area contributed by atoms with Crippen molar-refractivity contribution < 1.29 is 4.74 Å². The standard InChI is InChI=1S/C16H18N2O/c1-2-3-4-8-11-19-14-15-12-17-18(13-15)16-9-6-5-7-10-16/h5-7,9-10,12-13H,2-3,11,14H2,1H3. The first-order chi connectivity index (χ1) is 9.40. The summed E-state index contributed by atoms with van der Waals surface area (Å²) in [6.45, 7) is 3.15. The van der Waals surface area contributed by atoms with Crippen LogP contribution in [0.4, 0.5) is 0 Å². The molecule has 0 aliphatic heterocycles. The molecule has 0 bridgehead atoms. The fraction of sp³-hybridized carbons (Fsp3) is 0.312. The Bertz CT molecular complexity index is 549. The summed E-state index contributed by atoms with van der Waals surface area (Å²) in [7, 11) is 0. The van der Waals surface area contributed by atoms with Crippen molar-refractivity contribution in [3.8, 4) is 17.5 Å². The third-order valence-electron chi connectivity index (χ3n) is 2.60. The maximum Gasteiger partial charge on any atom is 0.108 e. The minimum atomic E-state index is 0.483. The van der Waals surface area contributed by atoms with Crippen LogP contribution < -0.4 is 0 Å². The Morgan fingerprint density at radius 2 is 2.05 bits per heavy atom. The van der Waals surface area contributed by atoms with Gasteiger partial charge in [0.1, 0.15) is 6.61 Å². The van der Waals surface area contributed by atoms with E-state index in [2.05, 4.69) is 23.9 Å². The molecule has 19 heavy (non-hydrogen) atoms. The summed E-state index contributed by atoms with van der Waals surface area (Å²) < 4.78 is 7.34. The molecule has 0 atom stereocenters. The van der Waals surface area contributed by atoms with Gasteiger partial charge in [-0.1, -0.05) is 31.0 Å². The molecule has 0 saturated heterocycles. The highest BCUT2D eigenvalue weighted by molar-refractivity contribution is 5.30. The van der Waals surface area contributed by atoms with Crippen LogP contribution in [0.1, 0.15) is 25.3 Å². The van der Waals surface area contributed by atoms with E-state index in [0.29, 0.717) is 13.2 Å². The number of nitrogens with zero attached hydrogens (tertiary/aromatic N) is 2. The largest absolute Gasteiger partial charge is 0.364 e. The average molecular weight is 254 g/mol. The average Bonchev–Trinajstić information content (AvgIpc) is 2.92. The smallest absolute Gasteiger partial charge is 0.108 e. The second-order valence-electron chi connectivity index (χ2n) is 4.23. The monoisotopic (exact) mass is 254 g/mol. The molecule has 98 valence electrons. The number of hydrogen-bond donors (Lipinski definition) is 0. The Balaban J connectivity index is 1.84. The Labute approximate surface area is 114 Å². The lowest BCUT2D eigenvalue weighted by Crippen LogP contribution is -1.94. The summed E-state index contributed by atoms with van der Waals surface area (Å²) in [6, 6.07) is 10.0. The second-order valence-corrected chi connectivity index (χ2v) is 4.23. The van der Waals surface area contributed by atoms with Crippen LogP contribution in [0.5, 0.6) is 0 Å². The summed E-state index contributed by atoms with van der Waals surface area (Å²) >= 11 is 0. The molecule has 0 aliphatic rings. The number of rotatable bonds is 5. The molecule has 0 amide bonds. The molecule has 3 heteroatoms. The van der Waals surface area contributed by atoms with E-state index in [1.165, 1.54) is 0 Å². The summed E-state index contributed by atoms with van der Waals surface area (Å²) in [6.07, 6.45) is 5.84. The predicted molar refractivity (Wildman–Crippen MR) is 75.9 cm³/mol. The zero-order valence-corrected chi connectivity index (χ0v) is 11.2. The molecule has 0 saturated carbocycles. The molecule has 3 nitrogen and oxygen atoms in total. The zero-order valence-electron chi connectivity index (χ0n) is 11.2. The third-order valence-corrected chi connectivity index (χ3v) is 2.60. The van der Waals surface area contributed by atoms with E-state index in [9.17, 15) is 0 Å². The van der Waals surface area contributed by atoms with E-state index >= 15 is 0 Å². The van der Waals surface area contributed by atoms with Gasteiger partial charge in [-0.3, -0.25) is 0 Å². The first-order valence-electron chi connectivity index (χ1n) is 6.52. The molecule has 0 N–H and O–H groups in total. The number of ether oxygens (including phenoxy) is 1. The van der Waals surface area contributed by atoms with Crippen LogP contribution in [-0.4, -0.2) is 16.4 Å². The molecule has 0 radical (unpaired) electrons. The molecule has 2 rings (SSSR count). The number of para-hydroxylation sites is 1. The van der Waals surface area contributed by atoms with Crippen LogP contribution in [0.15, 0.2) is 42.7 Å². The van der Waals surface area contributed by atoms with Gasteiger partial charge in [-0.05, 0) is 18.6 Å². The maximum atomic E-state index is 5.49. The number of unbranched alkanes of at least 4 members (excludes halogenated alkanes) is 1. The van der Waals surface area contributed by atoms with Gasteiger partial charge in [0.25, 0.3) is 0 Å². The van der Waals surface area contributed by atoms with E-state index < -0.39 is 0 Å². The van der Waals surface area contributed by atoms with E-state index in [0.717, 1.165) is 24.1 Å². The van der Waals surface area contributed by atoms with Gasteiger partial charge in [0.15, 0.2) is 0 Å². The van der Waals surface area contributed by atoms with E-state index in [1.54, 1.807) is 0 Å². The highest BCUT2D eigenvalue weighted by atomic mass is 16.5. The number of hydrogen-bond acceptors (Lipinski definition) is 2. The van der Waals surface area contributed by atoms with Crippen molar-refractivity contribution in [3.63, 3.8) is 0 Å². The van der Waals surface area contributed by atoms with Crippen molar-refractivity contribution in [2.24, 2.45) is 0 Å². The molecule has 0 unspecified atom stereocenters. The van der Waals surface area contributed by atoms with Crippen LogP contribution in [0.25, 0.3) is 5.69 Å². The van der Waals surface area contributed by atoms with Gasteiger partial charge < -0.3 is 4.74 Å². The summed E-state index contributed by atoms with van der Waals surface area (Å²) in [5.74, 6) is 6.05. The third kappa shape index (κ3) is 4.27. The van der Waals surface area contributed by atoms with Crippen molar-refractivity contribution >= 4 is 0 Å². The van der Waals surface area contributed by atoms with Crippen molar-refractivity contribution in [1.82, 2.24) is 9.78 Å². The van der Waals surface area contributed by atoms with Crippen molar-refractivity contribution in [2.75, 3.05) is 6.61 Å². The lowest BCUT2D eigenvalue weighted by atomic mass is 10.3. The van der Waals surface area contributed by atoms with E-state index in [-0.39, 0.29) is 0 Å². The van der Waals surface area contributed by atoms with Crippen molar-refractivity contribution in [1.29, 1.82) is 0 Å². The van der Waals surface area contributed by atoms with Gasteiger partial charge in [-0.2, -0.15) is 5.10 Å². The summed E-state index contributed by atoms with van der Waals surface area (Å²) in [4.78, 5) is 0. The molecule has 1 heterocycles. The Hall–Kier alpha value is -2.05. The van der Waals surface area contributed by atoms with Gasteiger partial charge in [-0.25, -0.2) is 4.68 Å². The van der Waals surface area contributed by atoms with Crippen molar-refractivity contribution in [3.05, 3.63) is 48.3 Å². The van der Waals surface area contributed by atoms with E-state index in [4.69, 9.17) is 4.74 Å². The van der Waals surface area contributed by atoms with Crippen LogP contribution in [0, 0.1) is 11.8 Å². The Morgan fingerprint density at radius 3 is 2.84 bits per heavy atom. The molecule has 0 fully saturated rings.